The minimum atomic E-state index is -0.532. The summed E-state index contributed by atoms with van der Waals surface area (Å²) >= 11 is 0. The van der Waals surface area contributed by atoms with Crippen LogP contribution in [0.3, 0.4) is 0 Å². The molecule has 7 nitrogen and oxygen atoms in total. The lowest BCUT2D eigenvalue weighted by Crippen LogP contribution is -2.24. The number of carbonyl (C=O) groups is 2. The van der Waals surface area contributed by atoms with E-state index in [1.54, 1.807) is 25.3 Å². The molecule has 1 N–H and O–H groups in total. The first-order valence-corrected chi connectivity index (χ1v) is 7.66. The molecule has 0 atom stereocenters. The summed E-state index contributed by atoms with van der Waals surface area (Å²) in [6.45, 7) is 0.323. The molecule has 0 saturated carbocycles. The lowest BCUT2D eigenvalue weighted by molar-refractivity contribution is -0.118. The highest BCUT2D eigenvalue weighted by Crippen LogP contribution is 2.28. The highest BCUT2D eigenvalue weighted by Gasteiger charge is 2.25. The molecule has 128 valence electrons. The fraction of sp³-hybridized carbons (Fsp3) is 0.167. The van der Waals surface area contributed by atoms with Gasteiger partial charge in [0.15, 0.2) is 11.5 Å². The molecule has 25 heavy (non-hydrogen) atoms. The summed E-state index contributed by atoms with van der Waals surface area (Å²) < 4.78 is 11.1. The molecule has 1 heterocycles. The Morgan fingerprint density at radius 1 is 1.16 bits per heavy atom. The summed E-state index contributed by atoms with van der Waals surface area (Å²) in [5.74, 6) is 0.795. The van der Waals surface area contributed by atoms with Crippen molar-refractivity contribution < 1.29 is 19.1 Å². The standard InChI is InChI=1S/C18H17N3O4/c1-24-15-8-7-14(10-19-21-11-17(22)20-18(21)23)9-16(15)25-12-13-5-3-2-4-6-13/h2-10H,11-12H2,1H3,(H,20,22,23)/b19-10+. The van der Waals surface area contributed by atoms with Gasteiger partial charge in [0.1, 0.15) is 13.2 Å². The van der Waals surface area contributed by atoms with Crippen LogP contribution in [0.4, 0.5) is 4.79 Å². The van der Waals surface area contributed by atoms with Gasteiger partial charge in [-0.25, -0.2) is 9.80 Å². The Balaban J connectivity index is 1.73. The molecule has 1 aliphatic heterocycles. The molecule has 0 radical (unpaired) electrons. The van der Waals surface area contributed by atoms with Gasteiger partial charge in [0.05, 0.1) is 13.3 Å². The van der Waals surface area contributed by atoms with E-state index in [1.807, 2.05) is 30.3 Å². The Morgan fingerprint density at radius 3 is 2.64 bits per heavy atom. The van der Waals surface area contributed by atoms with Crippen molar-refractivity contribution in [1.29, 1.82) is 0 Å². The molecular formula is C18H17N3O4. The summed E-state index contributed by atoms with van der Waals surface area (Å²) in [4.78, 5) is 22.6. The number of hydrogen-bond acceptors (Lipinski definition) is 5. The van der Waals surface area contributed by atoms with Crippen molar-refractivity contribution in [2.45, 2.75) is 6.61 Å². The average Bonchev–Trinajstić information content (AvgIpc) is 2.96. The molecule has 1 fully saturated rings. The molecule has 2 aromatic rings. The van der Waals surface area contributed by atoms with Crippen molar-refractivity contribution in [3.63, 3.8) is 0 Å². The SMILES string of the molecule is COc1ccc(/C=N/N2CC(=O)NC2=O)cc1OCc1ccccc1. The quantitative estimate of drug-likeness (QED) is 0.646. The first-order chi connectivity index (χ1) is 12.2. The molecular weight excluding hydrogens is 322 g/mol. The zero-order chi connectivity index (χ0) is 17.6. The third-order valence-corrected chi connectivity index (χ3v) is 3.55. The van der Waals surface area contributed by atoms with Crippen LogP contribution in [0.15, 0.2) is 53.6 Å². The number of methoxy groups -OCH3 is 1. The van der Waals surface area contributed by atoms with Crippen LogP contribution in [-0.2, 0) is 11.4 Å². The van der Waals surface area contributed by atoms with Crippen molar-refractivity contribution in [2.24, 2.45) is 5.10 Å². The van der Waals surface area contributed by atoms with Gasteiger partial charge in [-0.3, -0.25) is 10.1 Å². The second kappa shape index (κ2) is 7.48. The van der Waals surface area contributed by atoms with Crippen molar-refractivity contribution in [2.75, 3.05) is 13.7 Å². The number of imide groups is 1. The molecule has 0 aromatic heterocycles. The van der Waals surface area contributed by atoms with Crippen LogP contribution in [-0.4, -0.2) is 36.8 Å². The number of ether oxygens (including phenoxy) is 2. The van der Waals surface area contributed by atoms with Gasteiger partial charge >= 0.3 is 6.03 Å². The van der Waals surface area contributed by atoms with Gasteiger partial charge in [-0.05, 0) is 29.3 Å². The topological polar surface area (TPSA) is 80.2 Å². The van der Waals surface area contributed by atoms with Crippen LogP contribution in [0.25, 0.3) is 0 Å². The Kier molecular flexibility index (Phi) is 4.94. The minimum Gasteiger partial charge on any atom is -0.493 e. The van der Waals surface area contributed by atoms with E-state index >= 15 is 0 Å². The van der Waals surface area contributed by atoms with Crippen molar-refractivity contribution in [3.8, 4) is 11.5 Å². The molecule has 0 unspecified atom stereocenters. The third-order valence-electron chi connectivity index (χ3n) is 3.55. The summed E-state index contributed by atoms with van der Waals surface area (Å²) in [5, 5.41) is 7.25. The molecule has 0 aliphatic carbocycles. The van der Waals surface area contributed by atoms with Crippen molar-refractivity contribution in [3.05, 3.63) is 59.7 Å². The Labute approximate surface area is 144 Å². The Hall–Kier alpha value is -3.35. The molecule has 2 aromatic carbocycles. The maximum Gasteiger partial charge on any atom is 0.344 e. The number of carbonyl (C=O) groups excluding carboxylic acids is 2. The number of rotatable bonds is 6. The highest BCUT2D eigenvalue weighted by atomic mass is 16.5. The molecule has 0 bridgehead atoms. The Morgan fingerprint density at radius 2 is 1.96 bits per heavy atom. The number of urea groups is 1. The summed E-state index contributed by atoms with van der Waals surface area (Å²) in [5.41, 5.74) is 1.76. The zero-order valence-electron chi connectivity index (χ0n) is 13.6. The smallest absolute Gasteiger partial charge is 0.344 e. The summed E-state index contributed by atoms with van der Waals surface area (Å²) in [6.07, 6.45) is 1.49. The van der Waals surface area contributed by atoms with Crippen molar-refractivity contribution in [1.82, 2.24) is 10.3 Å². The number of nitrogens with one attached hydrogen (secondary N) is 1. The highest BCUT2D eigenvalue weighted by molar-refractivity contribution is 6.02. The number of hydrazone groups is 1. The number of benzene rings is 2. The van der Waals surface area contributed by atoms with Crippen LogP contribution in [0.5, 0.6) is 11.5 Å². The summed E-state index contributed by atoms with van der Waals surface area (Å²) in [6, 6.07) is 14.6. The van der Waals surface area contributed by atoms with Gasteiger partial charge in [0, 0.05) is 0 Å². The van der Waals surface area contributed by atoms with E-state index in [1.165, 1.54) is 6.21 Å². The van der Waals surface area contributed by atoms with Gasteiger partial charge in [0.2, 0.25) is 5.91 Å². The predicted molar refractivity (Wildman–Crippen MR) is 91.6 cm³/mol. The maximum atomic E-state index is 11.5. The van der Waals surface area contributed by atoms with Crippen LogP contribution in [0.2, 0.25) is 0 Å². The van der Waals surface area contributed by atoms with Gasteiger partial charge in [-0.1, -0.05) is 30.3 Å². The Bertz CT molecular complexity index is 805. The van der Waals surface area contributed by atoms with Crippen LogP contribution in [0.1, 0.15) is 11.1 Å². The van der Waals surface area contributed by atoms with Gasteiger partial charge in [-0.15, -0.1) is 0 Å². The predicted octanol–water partition coefficient (Wildman–Crippen LogP) is 2.16. The molecule has 1 saturated heterocycles. The van der Waals surface area contributed by atoms with E-state index in [4.69, 9.17) is 9.47 Å². The largest absolute Gasteiger partial charge is 0.493 e. The number of amides is 3. The molecule has 3 amide bonds. The average molecular weight is 339 g/mol. The second-order valence-electron chi connectivity index (χ2n) is 5.34. The van der Waals surface area contributed by atoms with E-state index in [0.29, 0.717) is 18.1 Å². The fourth-order valence-electron chi connectivity index (χ4n) is 2.28. The molecule has 0 spiro atoms. The van der Waals surface area contributed by atoms with E-state index in [0.717, 1.165) is 16.1 Å². The zero-order valence-corrected chi connectivity index (χ0v) is 13.6. The summed E-state index contributed by atoms with van der Waals surface area (Å²) in [7, 11) is 1.57. The fourth-order valence-corrected chi connectivity index (χ4v) is 2.28. The lowest BCUT2D eigenvalue weighted by atomic mass is 10.2. The van der Waals surface area contributed by atoms with Gasteiger partial charge < -0.3 is 9.47 Å². The van der Waals surface area contributed by atoms with Crippen LogP contribution >= 0.6 is 0 Å². The van der Waals surface area contributed by atoms with Crippen molar-refractivity contribution >= 4 is 18.2 Å². The molecule has 3 rings (SSSR count). The monoisotopic (exact) mass is 339 g/mol. The first-order valence-electron chi connectivity index (χ1n) is 7.66. The van der Waals surface area contributed by atoms with Gasteiger partial charge in [0.25, 0.3) is 0 Å². The normalized spacial score (nSPS) is 14.0. The third kappa shape index (κ3) is 4.14. The lowest BCUT2D eigenvalue weighted by Gasteiger charge is -2.11. The first kappa shape index (κ1) is 16.5. The molecule has 7 heteroatoms. The molecule has 1 aliphatic rings. The minimum absolute atomic E-state index is 0.0805. The van der Waals surface area contributed by atoms with Crippen LogP contribution in [0, 0.1) is 0 Å². The van der Waals surface area contributed by atoms with E-state index in [9.17, 15) is 9.59 Å². The maximum absolute atomic E-state index is 11.5. The van der Waals surface area contributed by atoms with Gasteiger partial charge in [-0.2, -0.15) is 5.10 Å². The van der Waals surface area contributed by atoms with E-state index in [-0.39, 0.29) is 12.5 Å². The van der Waals surface area contributed by atoms with E-state index < -0.39 is 6.03 Å². The van der Waals surface area contributed by atoms with E-state index in [2.05, 4.69) is 10.4 Å². The number of nitrogens with zero attached hydrogens (tertiary/aromatic N) is 2. The van der Waals surface area contributed by atoms with Crippen LogP contribution < -0.4 is 14.8 Å². The number of hydrogen-bond donors (Lipinski definition) is 1. The second-order valence-corrected chi connectivity index (χ2v) is 5.34.